The summed E-state index contributed by atoms with van der Waals surface area (Å²) in [5.74, 6) is 0.508. The minimum absolute atomic E-state index is 0.435. The molecule has 0 atom stereocenters. The molecule has 1 saturated heterocycles. The van der Waals surface area contributed by atoms with Gasteiger partial charge in [-0.05, 0) is 30.7 Å². The van der Waals surface area contributed by atoms with Crippen LogP contribution in [0.15, 0.2) is 0 Å². The van der Waals surface area contributed by atoms with Crippen molar-refractivity contribution in [2.45, 2.75) is 59.9 Å². The molecule has 0 aromatic carbocycles. The van der Waals surface area contributed by atoms with E-state index < -0.39 is 0 Å². The lowest BCUT2D eigenvalue weighted by molar-refractivity contribution is 0.418. The molecule has 1 aromatic heterocycles. The topological polar surface area (TPSA) is 28.2 Å². The van der Waals surface area contributed by atoms with Gasteiger partial charge in [-0.25, -0.2) is 4.98 Å². The van der Waals surface area contributed by atoms with E-state index in [4.69, 9.17) is 4.98 Å². The third kappa shape index (κ3) is 3.73. The van der Waals surface area contributed by atoms with E-state index >= 15 is 0 Å². The van der Waals surface area contributed by atoms with E-state index in [1.807, 2.05) is 11.3 Å². The molecule has 1 aliphatic rings. The quantitative estimate of drug-likeness (QED) is 0.804. The number of hydrogen-bond donors (Lipinski definition) is 1. The minimum Gasteiger partial charge on any atom is -0.348 e. The summed E-state index contributed by atoms with van der Waals surface area (Å²) in [4.78, 5) is 8.84. The highest BCUT2D eigenvalue weighted by Crippen LogP contribution is 2.37. The van der Waals surface area contributed by atoms with Gasteiger partial charge < -0.3 is 10.2 Å². The monoisotopic (exact) mass is 295 g/mol. The van der Waals surface area contributed by atoms with E-state index in [2.05, 4.69) is 44.8 Å². The first-order valence-corrected chi connectivity index (χ1v) is 8.70. The second-order valence-electron chi connectivity index (χ2n) is 6.97. The fourth-order valence-corrected chi connectivity index (χ4v) is 3.93. The summed E-state index contributed by atoms with van der Waals surface area (Å²) in [5, 5.41) is 4.75. The number of thiazole rings is 1. The van der Waals surface area contributed by atoms with Gasteiger partial charge in [0.1, 0.15) is 0 Å². The summed E-state index contributed by atoms with van der Waals surface area (Å²) < 4.78 is 0. The van der Waals surface area contributed by atoms with Gasteiger partial charge in [0.15, 0.2) is 5.13 Å². The van der Waals surface area contributed by atoms with Crippen molar-refractivity contribution in [3.63, 3.8) is 0 Å². The summed E-state index contributed by atoms with van der Waals surface area (Å²) in [6.45, 7) is 15.8. The Balaban J connectivity index is 2.12. The van der Waals surface area contributed by atoms with Gasteiger partial charge >= 0.3 is 0 Å². The van der Waals surface area contributed by atoms with Crippen LogP contribution >= 0.6 is 11.3 Å². The fraction of sp³-hybridized carbons (Fsp3) is 0.812. The maximum absolute atomic E-state index is 4.94. The van der Waals surface area contributed by atoms with E-state index in [1.165, 1.54) is 28.5 Å². The second-order valence-corrected chi connectivity index (χ2v) is 8.03. The molecule has 2 heterocycles. The van der Waals surface area contributed by atoms with Crippen LogP contribution in [-0.2, 0) is 6.54 Å². The van der Waals surface area contributed by atoms with Crippen LogP contribution < -0.4 is 10.2 Å². The molecule has 0 amide bonds. The molecule has 1 fully saturated rings. The van der Waals surface area contributed by atoms with Crippen LogP contribution in [0.25, 0.3) is 0 Å². The molecule has 20 heavy (non-hydrogen) atoms. The molecule has 0 radical (unpaired) electrons. The summed E-state index contributed by atoms with van der Waals surface area (Å²) in [7, 11) is 0. The van der Waals surface area contributed by atoms with Gasteiger partial charge in [0.2, 0.25) is 0 Å². The Hall–Kier alpha value is -0.610. The summed E-state index contributed by atoms with van der Waals surface area (Å²) in [6.07, 6.45) is 2.45. The first kappa shape index (κ1) is 15.8. The highest BCUT2D eigenvalue weighted by molar-refractivity contribution is 7.15. The van der Waals surface area contributed by atoms with E-state index in [0.29, 0.717) is 11.3 Å². The number of nitrogens with zero attached hydrogens (tertiary/aromatic N) is 2. The van der Waals surface area contributed by atoms with Crippen LogP contribution in [0.5, 0.6) is 0 Å². The molecular weight excluding hydrogens is 266 g/mol. The molecule has 3 nitrogen and oxygen atoms in total. The second kappa shape index (κ2) is 6.44. The van der Waals surface area contributed by atoms with Gasteiger partial charge in [-0.1, -0.05) is 34.6 Å². The predicted molar refractivity (Wildman–Crippen MR) is 88.8 cm³/mol. The highest BCUT2D eigenvalue weighted by atomic mass is 32.1. The smallest absolute Gasteiger partial charge is 0.185 e. The SMILES string of the molecule is CCCNCc1sc(N2CCC(C)(C)C2)nc1C(C)C. The Morgan fingerprint density at radius 1 is 1.40 bits per heavy atom. The number of nitrogens with one attached hydrogen (secondary N) is 1. The van der Waals surface area contributed by atoms with E-state index in [1.54, 1.807) is 0 Å². The summed E-state index contributed by atoms with van der Waals surface area (Å²) in [6, 6.07) is 0. The van der Waals surface area contributed by atoms with Crippen LogP contribution in [0.4, 0.5) is 5.13 Å². The van der Waals surface area contributed by atoms with Crippen LogP contribution in [0, 0.1) is 5.41 Å². The third-order valence-corrected chi connectivity index (χ3v) is 5.06. The molecule has 0 bridgehead atoms. The Morgan fingerprint density at radius 2 is 2.15 bits per heavy atom. The first-order chi connectivity index (χ1) is 9.43. The lowest BCUT2D eigenvalue weighted by Gasteiger charge is -2.18. The summed E-state index contributed by atoms with van der Waals surface area (Å²) in [5.41, 5.74) is 1.72. The van der Waals surface area contributed by atoms with Gasteiger partial charge in [0.05, 0.1) is 5.69 Å². The molecule has 0 aliphatic carbocycles. The average Bonchev–Trinajstić information content (AvgIpc) is 2.93. The Bertz CT molecular complexity index is 437. The largest absolute Gasteiger partial charge is 0.348 e. The lowest BCUT2D eigenvalue weighted by atomic mass is 9.93. The number of anilines is 1. The molecule has 4 heteroatoms. The van der Waals surface area contributed by atoms with E-state index in [-0.39, 0.29) is 0 Å². The van der Waals surface area contributed by atoms with Crippen LogP contribution in [0.1, 0.15) is 63.9 Å². The van der Waals surface area contributed by atoms with Crippen molar-refractivity contribution in [1.82, 2.24) is 10.3 Å². The zero-order valence-corrected chi connectivity index (χ0v) is 14.4. The van der Waals surface area contributed by atoms with E-state index in [0.717, 1.165) is 26.2 Å². The van der Waals surface area contributed by atoms with Gasteiger partial charge in [0, 0.05) is 24.5 Å². The van der Waals surface area contributed by atoms with Crippen molar-refractivity contribution in [1.29, 1.82) is 0 Å². The van der Waals surface area contributed by atoms with Crippen molar-refractivity contribution in [3.8, 4) is 0 Å². The first-order valence-electron chi connectivity index (χ1n) is 7.88. The van der Waals surface area contributed by atoms with Gasteiger partial charge in [-0.15, -0.1) is 11.3 Å². The Kier molecular flexibility index (Phi) is 5.08. The molecule has 0 spiro atoms. The van der Waals surface area contributed by atoms with Crippen LogP contribution in [-0.4, -0.2) is 24.6 Å². The van der Waals surface area contributed by atoms with Gasteiger partial charge in [-0.3, -0.25) is 0 Å². The zero-order valence-electron chi connectivity index (χ0n) is 13.6. The number of aromatic nitrogens is 1. The molecule has 1 aliphatic heterocycles. The maximum atomic E-state index is 4.94. The molecule has 114 valence electrons. The molecule has 0 saturated carbocycles. The standard InChI is InChI=1S/C16H29N3S/c1-6-8-17-10-13-14(12(2)3)18-15(20-13)19-9-7-16(4,5)11-19/h12,17H,6-11H2,1-5H3. The van der Waals surface area contributed by atoms with Crippen LogP contribution in [0.2, 0.25) is 0 Å². The van der Waals surface area contributed by atoms with E-state index in [9.17, 15) is 0 Å². The normalized spacial score (nSPS) is 18.2. The van der Waals surface area contributed by atoms with Gasteiger partial charge in [0.25, 0.3) is 0 Å². The third-order valence-electron chi connectivity index (χ3n) is 3.92. The Morgan fingerprint density at radius 3 is 2.70 bits per heavy atom. The van der Waals surface area contributed by atoms with Crippen molar-refractivity contribution in [2.75, 3.05) is 24.5 Å². The minimum atomic E-state index is 0.435. The lowest BCUT2D eigenvalue weighted by Crippen LogP contribution is -2.22. The maximum Gasteiger partial charge on any atom is 0.185 e. The predicted octanol–water partition coefficient (Wildman–Crippen LogP) is 4.00. The number of hydrogen-bond acceptors (Lipinski definition) is 4. The van der Waals surface area contributed by atoms with Crippen molar-refractivity contribution >= 4 is 16.5 Å². The average molecular weight is 295 g/mol. The molecule has 1 aromatic rings. The van der Waals surface area contributed by atoms with Crippen molar-refractivity contribution in [2.24, 2.45) is 5.41 Å². The fourth-order valence-electron chi connectivity index (χ4n) is 2.72. The van der Waals surface area contributed by atoms with Crippen LogP contribution in [0.3, 0.4) is 0 Å². The van der Waals surface area contributed by atoms with Crippen molar-refractivity contribution < 1.29 is 0 Å². The molecule has 0 unspecified atom stereocenters. The number of rotatable bonds is 6. The molecular formula is C16H29N3S. The highest BCUT2D eigenvalue weighted by Gasteiger charge is 2.31. The molecule has 2 rings (SSSR count). The Labute approximate surface area is 127 Å². The molecule has 1 N–H and O–H groups in total. The van der Waals surface area contributed by atoms with Gasteiger partial charge in [-0.2, -0.15) is 0 Å². The zero-order chi connectivity index (χ0) is 14.8. The van der Waals surface area contributed by atoms with Crippen molar-refractivity contribution in [3.05, 3.63) is 10.6 Å². The summed E-state index contributed by atoms with van der Waals surface area (Å²) >= 11 is 1.89.